The number of hydrogen-bond acceptors (Lipinski definition) is 9. The van der Waals surface area contributed by atoms with Gasteiger partial charge in [-0.3, -0.25) is 19.8 Å². The number of nitrogens with zero attached hydrogens (tertiary/aromatic N) is 4. The third kappa shape index (κ3) is 12.6. The average Bonchev–Trinajstić information content (AvgIpc) is 3.40. The number of carbonyl (C=O) groups excluding carboxylic acids is 2. The maximum atomic E-state index is 12.8. The topological polar surface area (TPSA) is 142 Å². The Morgan fingerprint density at radius 2 is 0.944 bits per heavy atom. The number of carbonyl (C=O) groups is 2. The second kappa shape index (κ2) is 23.3. The molecule has 2 aliphatic heterocycles. The van der Waals surface area contributed by atoms with Crippen LogP contribution in [0.25, 0.3) is 43.8 Å². The maximum absolute atomic E-state index is 12.8. The van der Waals surface area contributed by atoms with E-state index in [0.29, 0.717) is 11.6 Å². The van der Waals surface area contributed by atoms with Crippen molar-refractivity contribution in [3.8, 4) is 28.0 Å². The summed E-state index contributed by atoms with van der Waals surface area (Å²) in [4.78, 5) is 39.6. The van der Waals surface area contributed by atoms with Crippen LogP contribution in [0.2, 0.25) is 0 Å². The van der Waals surface area contributed by atoms with Crippen molar-refractivity contribution in [1.82, 2.24) is 19.8 Å². The maximum Gasteiger partial charge on any atom is 0.323 e. The molecule has 2 aliphatic rings. The van der Waals surface area contributed by atoms with Crippen molar-refractivity contribution >= 4 is 56.4 Å². The number of ether oxygens (including phenoxy) is 3. The van der Waals surface area contributed by atoms with E-state index in [0.717, 1.165) is 144 Å². The normalized spacial score (nSPS) is 14.1. The van der Waals surface area contributed by atoms with Gasteiger partial charge in [-0.2, -0.15) is 0 Å². The first kappa shape index (κ1) is 48.3. The molecule has 2 fully saturated rings. The molecule has 362 valence electrons. The Bertz CT molecular complexity index is 3040. The van der Waals surface area contributed by atoms with E-state index in [-0.39, 0.29) is 12.1 Å². The lowest BCUT2D eigenvalue weighted by molar-refractivity contribution is 0.0336. The van der Waals surface area contributed by atoms with Crippen molar-refractivity contribution in [2.75, 3.05) is 81.0 Å². The van der Waals surface area contributed by atoms with Gasteiger partial charge >= 0.3 is 12.1 Å². The molecule has 71 heavy (non-hydrogen) atoms. The average molecular weight is 949 g/mol. The number of fused-ring (bicyclic) bond motifs is 2. The molecule has 0 radical (unpaired) electrons. The van der Waals surface area contributed by atoms with Gasteiger partial charge in [0, 0.05) is 84.9 Å². The quantitative estimate of drug-likeness (QED) is 0.0941. The Balaban J connectivity index is 0.000000176. The third-order valence-corrected chi connectivity index (χ3v) is 12.8. The number of urea groups is 2. The Morgan fingerprint density at radius 1 is 0.521 bits per heavy atom. The number of rotatable bonds is 12. The molecule has 8 aromatic rings. The van der Waals surface area contributed by atoms with Crippen molar-refractivity contribution in [3.05, 3.63) is 175 Å². The van der Waals surface area contributed by atoms with E-state index in [1.807, 2.05) is 97.3 Å². The first-order valence-corrected chi connectivity index (χ1v) is 24.2. The summed E-state index contributed by atoms with van der Waals surface area (Å²) in [5.74, 6) is 1.19. The largest absolute Gasteiger partial charge is 0.497 e. The first-order chi connectivity index (χ1) is 34.8. The van der Waals surface area contributed by atoms with Crippen LogP contribution in [0.15, 0.2) is 158 Å². The molecule has 13 nitrogen and oxygen atoms in total. The molecule has 2 aromatic heterocycles. The van der Waals surface area contributed by atoms with E-state index >= 15 is 0 Å². The van der Waals surface area contributed by atoms with Crippen molar-refractivity contribution in [1.29, 1.82) is 0 Å². The van der Waals surface area contributed by atoms with Crippen molar-refractivity contribution in [3.63, 3.8) is 0 Å². The summed E-state index contributed by atoms with van der Waals surface area (Å²) < 4.78 is 16.0. The van der Waals surface area contributed by atoms with Crippen LogP contribution in [0.3, 0.4) is 0 Å². The minimum absolute atomic E-state index is 0.265. The zero-order valence-corrected chi connectivity index (χ0v) is 40.5. The minimum Gasteiger partial charge on any atom is -0.497 e. The fourth-order valence-corrected chi connectivity index (χ4v) is 8.85. The van der Waals surface area contributed by atoms with Gasteiger partial charge in [-0.05, 0) is 94.0 Å². The lowest BCUT2D eigenvalue weighted by Crippen LogP contribution is -2.35. The minimum atomic E-state index is -0.304. The van der Waals surface area contributed by atoms with Crippen molar-refractivity contribution < 1.29 is 23.8 Å². The van der Waals surface area contributed by atoms with Crippen LogP contribution in [-0.2, 0) is 22.6 Å². The molecule has 10 rings (SSSR count). The second-order valence-electron chi connectivity index (χ2n) is 17.9. The van der Waals surface area contributed by atoms with E-state index in [4.69, 9.17) is 24.2 Å². The summed E-state index contributed by atoms with van der Waals surface area (Å²) in [5, 5.41) is 15.9. The van der Waals surface area contributed by atoms with Gasteiger partial charge in [0.05, 0.1) is 56.3 Å². The number of hydrogen-bond donors (Lipinski definition) is 4. The van der Waals surface area contributed by atoms with Gasteiger partial charge in [0.15, 0.2) is 0 Å². The highest BCUT2D eigenvalue weighted by Crippen LogP contribution is 2.35. The Labute approximate surface area is 415 Å². The molecule has 0 spiro atoms. The van der Waals surface area contributed by atoms with Crippen molar-refractivity contribution in [2.45, 2.75) is 32.9 Å². The zero-order chi connectivity index (χ0) is 48.9. The molecule has 2 saturated heterocycles. The molecule has 0 atom stereocenters. The van der Waals surface area contributed by atoms with Gasteiger partial charge in [-0.15, -0.1) is 0 Å². The number of morpholine rings is 2. The van der Waals surface area contributed by atoms with Gasteiger partial charge in [-0.25, -0.2) is 9.59 Å². The molecular weight excluding hydrogens is 889 g/mol. The predicted octanol–water partition coefficient (Wildman–Crippen LogP) is 11.9. The number of pyridine rings is 2. The lowest BCUT2D eigenvalue weighted by atomic mass is 9.98. The van der Waals surface area contributed by atoms with Crippen LogP contribution in [0.1, 0.15) is 36.7 Å². The molecule has 13 heteroatoms. The van der Waals surface area contributed by atoms with Crippen LogP contribution < -0.4 is 26.0 Å². The van der Waals surface area contributed by atoms with E-state index in [2.05, 4.69) is 81.3 Å². The summed E-state index contributed by atoms with van der Waals surface area (Å²) in [6, 6.07) is 47.2. The highest BCUT2D eigenvalue weighted by molar-refractivity contribution is 6.11. The molecule has 6 aromatic carbocycles. The number of aromatic nitrogens is 2. The molecule has 0 unspecified atom stereocenters. The highest BCUT2D eigenvalue weighted by atomic mass is 16.5. The van der Waals surface area contributed by atoms with E-state index in [1.165, 1.54) is 5.56 Å². The Hall–Kier alpha value is -7.68. The van der Waals surface area contributed by atoms with Crippen LogP contribution in [0.5, 0.6) is 5.75 Å². The van der Waals surface area contributed by atoms with Crippen LogP contribution in [0.4, 0.5) is 32.3 Å². The summed E-state index contributed by atoms with van der Waals surface area (Å²) >= 11 is 0. The van der Waals surface area contributed by atoms with Gasteiger partial charge in [-0.1, -0.05) is 98.8 Å². The molecule has 0 saturated carbocycles. The van der Waals surface area contributed by atoms with Gasteiger partial charge in [0.25, 0.3) is 0 Å². The molecule has 4 heterocycles. The zero-order valence-electron chi connectivity index (χ0n) is 40.5. The molecule has 4 N–H and O–H groups in total. The fourth-order valence-electron chi connectivity index (χ4n) is 8.85. The first-order valence-electron chi connectivity index (χ1n) is 24.2. The predicted molar refractivity (Wildman–Crippen MR) is 285 cm³/mol. The SMILES string of the molecule is CC(C)c1ccc(NC(=O)Nc2ccc(-c3ccc(CN4CCOCC4)nc3)c3ccccc23)cc1.COc1ccc(NC(=O)Nc2ccc(-c3ccc(CN4CCOCC4)nc3)c3ccccc23)cc1. The van der Waals surface area contributed by atoms with E-state index in [1.54, 1.807) is 31.4 Å². The number of anilines is 4. The number of amides is 4. The molecule has 0 aliphatic carbocycles. The molecule has 4 amide bonds. The highest BCUT2D eigenvalue weighted by Gasteiger charge is 2.16. The smallest absolute Gasteiger partial charge is 0.323 e. The molecule has 0 bridgehead atoms. The van der Waals surface area contributed by atoms with Crippen LogP contribution in [-0.4, -0.2) is 91.5 Å². The van der Waals surface area contributed by atoms with Gasteiger partial charge < -0.3 is 35.5 Å². The Kier molecular flexibility index (Phi) is 15.9. The summed E-state index contributed by atoms with van der Waals surface area (Å²) in [6.45, 7) is 12.9. The lowest BCUT2D eigenvalue weighted by Gasteiger charge is -2.26. The molecular formula is C58H60N8O5. The van der Waals surface area contributed by atoms with E-state index < -0.39 is 0 Å². The monoisotopic (exact) mass is 948 g/mol. The van der Waals surface area contributed by atoms with E-state index in [9.17, 15) is 9.59 Å². The third-order valence-electron chi connectivity index (χ3n) is 12.8. The number of benzene rings is 6. The standard InChI is InChI=1S/C30H32N4O2.C28H28N4O3/c1-21(2)22-7-10-24(11-8-22)32-30(35)33-29-14-13-26(27-5-3-4-6-28(27)29)23-9-12-25(31-19-23)20-34-15-17-36-18-16-34;1-34-23-10-8-21(9-11-23)30-28(33)31-27-13-12-24(25-4-2-3-5-26(25)27)20-6-7-22(29-18-20)19-32-14-16-35-17-15-32/h3-14,19,21H,15-18,20H2,1-2H3,(H2,32,33,35);2-13,18H,14-17,19H2,1H3,(H2,30,31,33). The number of nitrogens with one attached hydrogen (secondary N) is 4. The summed E-state index contributed by atoms with van der Waals surface area (Å²) in [5.41, 5.74) is 10.6. The van der Waals surface area contributed by atoms with Gasteiger partial charge in [0.1, 0.15) is 5.75 Å². The van der Waals surface area contributed by atoms with Crippen LogP contribution >= 0.6 is 0 Å². The second-order valence-corrected chi connectivity index (χ2v) is 17.9. The number of methoxy groups -OCH3 is 1. The van der Waals surface area contributed by atoms with Crippen LogP contribution in [0, 0.1) is 0 Å². The summed E-state index contributed by atoms with van der Waals surface area (Å²) in [7, 11) is 1.61. The summed E-state index contributed by atoms with van der Waals surface area (Å²) in [6.07, 6.45) is 3.87. The van der Waals surface area contributed by atoms with Gasteiger partial charge in [0.2, 0.25) is 0 Å². The fraction of sp³-hybridized carbons (Fsp3) is 0.241. The van der Waals surface area contributed by atoms with Crippen molar-refractivity contribution in [2.24, 2.45) is 0 Å². The Morgan fingerprint density at radius 3 is 1.34 bits per heavy atom.